The van der Waals surface area contributed by atoms with E-state index in [1.165, 1.54) is 17.7 Å². The Balaban J connectivity index is 2.42. The fourth-order valence-electron chi connectivity index (χ4n) is 1.23. The van der Waals surface area contributed by atoms with Crippen LogP contribution in [0.2, 0.25) is 0 Å². The molecule has 1 atom stereocenters. The maximum absolute atomic E-state index is 7.81. The van der Waals surface area contributed by atoms with E-state index in [1.807, 2.05) is 0 Å². The van der Waals surface area contributed by atoms with Gasteiger partial charge in [-0.3, -0.25) is 0 Å². The Bertz CT molecular complexity index is 243. The van der Waals surface area contributed by atoms with Crippen LogP contribution in [0.15, 0.2) is 12.4 Å². The summed E-state index contributed by atoms with van der Waals surface area (Å²) in [7, 11) is 1.70. The van der Waals surface area contributed by atoms with Crippen molar-refractivity contribution in [3.05, 3.63) is 12.4 Å². The van der Waals surface area contributed by atoms with Gasteiger partial charge in [0.15, 0.2) is 0 Å². The second-order valence-corrected chi connectivity index (χ2v) is 3.20. The summed E-state index contributed by atoms with van der Waals surface area (Å²) in [4.78, 5) is 3.19. The van der Waals surface area contributed by atoms with Gasteiger partial charge in [-0.2, -0.15) is 0 Å². The molecule has 0 amide bonds. The Morgan fingerprint density at radius 2 is 2.25 bits per heavy atom. The van der Waals surface area contributed by atoms with Crippen molar-refractivity contribution in [2.24, 2.45) is 0 Å². The first-order valence-corrected chi connectivity index (χ1v) is 4.68. The number of unbranched alkanes of at least 4 members (excludes halogenated alkanes) is 3. The highest BCUT2D eigenvalue weighted by molar-refractivity contribution is 4.88. The lowest BCUT2D eigenvalue weighted by atomic mass is 10.2. The molecule has 0 spiro atoms. The van der Waals surface area contributed by atoms with Gasteiger partial charge >= 0.3 is 0 Å². The smallest absolute Gasteiger partial charge is 0.0890 e. The Hall–Kier alpha value is -0.660. The molecule has 0 aromatic rings. The fraction of sp³-hybridized carbons (Fsp3) is 0.800. The van der Waals surface area contributed by atoms with Gasteiger partial charge in [0.25, 0.3) is 0 Å². The van der Waals surface area contributed by atoms with Gasteiger partial charge in [-0.1, -0.05) is 26.2 Å². The second-order valence-electron chi connectivity index (χ2n) is 3.20. The van der Waals surface area contributed by atoms with Crippen LogP contribution in [-0.2, 0) is 0 Å². The van der Waals surface area contributed by atoms with Crippen molar-refractivity contribution < 1.29 is 4.11 Å². The Morgan fingerprint density at radius 1 is 1.42 bits per heavy atom. The Kier molecular flexibility index (Phi) is 2.49. The normalized spacial score (nSPS) is 27.5. The largest absolute Gasteiger partial charge is 0.362 e. The van der Waals surface area contributed by atoms with Crippen LogP contribution in [0.3, 0.4) is 0 Å². The molecule has 1 heterocycles. The molecular formula is C10H20N2. The molecule has 0 aromatic heterocycles. The highest BCUT2D eigenvalue weighted by atomic mass is 15.3. The monoisotopic (exact) mass is 171 g/mol. The lowest BCUT2D eigenvalue weighted by Gasteiger charge is -2.17. The van der Waals surface area contributed by atoms with Crippen molar-refractivity contribution in [2.45, 2.75) is 32.6 Å². The van der Waals surface area contributed by atoms with Crippen molar-refractivity contribution in [3.8, 4) is 0 Å². The zero-order valence-corrected chi connectivity index (χ0v) is 8.01. The van der Waals surface area contributed by atoms with Crippen molar-refractivity contribution in [1.82, 2.24) is 9.80 Å². The highest BCUT2D eigenvalue weighted by Gasteiger charge is 2.06. The molecule has 2 heteroatoms. The SMILES string of the molecule is [2H]C1=C([2H])N(CCCCCC)C([2H])N1C. The molecule has 0 N–H and O–H groups in total. The van der Waals surface area contributed by atoms with Gasteiger partial charge in [-0.05, 0) is 6.42 Å². The summed E-state index contributed by atoms with van der Waals surface area (Å²) < 4.78 is 23.1. The first-order chi connectivity index (χ1) is 7.09. The number of rotatable bonds is 5. The molecular weight excluding hydrogens is 148 g/mol. The van der Waals surface area contributed by atoms with Gasteiger partial charge in [0.2, 0.25) is 0 Å². The zero-order valence-electron chi connectivity index (χ0n) is 11.0. The molecule has 0 aromatic carbocycles. The third-order valence-corrected chi connectivity index (χ3v) is 1.94. The minimum absolute atomic E-state index is 0.158. The van der Waals surface area contributed by atoms with Crippen molar-refractivity contribution in [1.29, 1.82) is 0 Å². The molecule has 0 radical (unpaired) electrons. The minimum Gasteiger partial charge on any atom is -0.362 e. The molecule has 1 rings (SSSR count). The third kappa shape index (κ3) is 3.16. The van der Waals surface area contributed by atoms with Crippen LogP contribution in [0.4, 0.5) is 0 Å². The quantitative estimate of drug-likeness (QED) is 0.585. The number of hydrogen-bond donors (Lipinski definition) is 0. The maximum atomic E-state index is 7.81. The number of hydrogen-bond acceptors (Lipinski definition) is 2. The van der Waals surface area contributed by atoms with Crippen LogP contribution in [0.25, 0.3) is 0 Å². The molecule has 0 aliphatic carbocycles. The molecule has 1 aliphatic heterocycles. The first kappa shape index (κ1) is 5.90. The third-order valence-electron chi connectivity index (χ3n) is 1.94. The molecule has 12 heavy (non-hydrogen) atoms. The highest BCUT2D eigenvalue weighted by Crippen LogP contribution is 2.06. The van der Waals surface area contributed by atoms with Crippen LogP contribution in [0.1, 0.15) is 36.7 Å². The van der Waals surface area contributed by atoms with E-state index in [-0.39, 0.29) is 12.4 Å². The summed E-state index contributed by atoms with van der Waals surface area (Å²) in [5.41, 5.74) is 0. The van der Waals surface area contributed by atoms with Gasteiger partial charge < -0.3 is 9.80 Å². The van der Waals surface area contributed by atoms with E-state index >= 15 is 0 Å². The van der Waals surface area contributed by atoms with E-state index in [9.17, 15) is 0 Å². The summed E-state index contributed by atoms with van der Waals surface area (Å²) in [5, 5.41) is 0. The van der Waals surface area contributed by atoms with Gasteiger partial charge in [0, 0.05) is 25.9 Å². The van der Waals surface area contributed by atoms with Gasteiger partial charge in [-0.25, -0.2) is 0 Å². The molecule has 1 aliphatic rings. The van der Waals surface area contributed by atoms with Crippen LogP contribution in [-0.4, -0.2) is 30.0 Å². The van der Waals surface area contributed by atoms with E-state index in [1.54, 1.807) is 11.9 Å². The van der Waals surface area contributed by atoms with Crippen LogP contribution >= 0.6 is 0 Å². The van der Waals surface area contributed by atoms with E-state index in [0.29, 0.717) is 0 Å². The van der Waals surface area contributed by atoms with Crippen molar-refractivity contribution >= 4 is 0 Å². The summed E-state index contributed by atoms with van der Waals surface area (Å²) in [6, 6.07) is 0. The molecule has 0 fully saturated rings. The van der Waals surface area contributed by atoms with E-state index in [4.69, 9.17) is 4.11 Å². The van der Waals surface area contributed by atoms with Crippen molar-refractivity contribution in [2.75, 3.05) is 20.2 Å². The summed E-state index contributed by atoms with van der Waals surface area (Å²) in [6.45, 7) is 2.31. The van der Waals surface area contributed by atoms with Crippen LogP contribution in [0, 0.1) is 0 Å². The van der Waals surface area contributed by atoms with Crippen molar-refractivity contribution in [3.63, 3.8) is 0 Å². The predicted octanol–water partition coefficient (Wildman–Crippen LogP) is 2.24. The summed E-state index contributed by atoms with van der Waals surface area (Å²) in [6.07, 6.45) is 4.89. The lowest BCUT2D eigenvalue weighted by molar-refractivity contribution is 0.291. The summed E-state index contributed by atoms with van der Waals surface area (Å²) >= 11 is 0. The average molecular weight is 171 g/mol. The average Bonchev–Trinajstić information content (AvgIpc) is 2.41. The topological polar surface area (TPSA) is 6.48 Å². The molecule has 1 unspecified atom stereocenters. The van der Waals surface area contributed by atoms with Crippen LogP contribution < -0.4 is 0 Å². The fourth-order valence-corrected chi connectivity index (χ4v) is 1.23. The van der Waals surface area contributed by atoms with Crippen LogP contribution in [0.5, 0.6) is 0 Å². The molecule has 70 valence electrons. The van der Waals surface area contributed by atoms with E-state index < -0.39 is 6.64 Å². The number of nitrogens with zero attached hydrogens (tertiary/aromatic N) is 2. The lowest BCUT2D eigenvalue weighted by Crippen LogP contribution is -2.23. The van der Waals surface area contributed by atoms with Gasteiger partial charge in [0.05, 0.1) is 10.8 Å². The molecule has 0 bridgehead atoms. The zero-order chi connectivity index (χ0) is 11.4. The molecule has 0 saturated carbocycles. The Labute approximate surface area is 80.1 Å². The molecule has 0 saturated heterocycles. The predicted molar refractivity (Wildman–Crippen MR) is 52.6 cm³/mol. The van der Waals surface area contributed by atoms with E-state index in [0.717, 1.165) is 19.4 Å². The Morgan fingerprint density at radius 3 is 2.83 bits per heavy atom. The standard InChI is InChI=1S/C10H20N2/c1-3-4-5-6-7-12-9-8-11(2)10-12/h8-9H,3-7,10H2,1-2H3/i8D,9D,10D. The van der Waals surface area contributed by atoms with Gasteiger partial charge in [0.1, 0.15) is 0 Å². The molecule has 2 nitrogen and oxygen atoms in total. The maximum Gasteiger partial charge on any atom is 0.0890 e. The van der Waals surface area contributed by atoms with Gasteiger partial charge in [-0.15, -0.1) is 0 Å². The minimum atomic E-state index is -0.577. The second kappa shape index (κ2) is 5.07. The summed E-state index contributed by atoms with van der Waals surface area (Å²) in [5.74, 6) is 0. The first-order valence-electron chi connectivity index (χ1n) is 6.26. The van der Waals surface area contributed by atoms with E-state index in [2.05, 4.69) is 6.92 Å².